The Morgan fingerprint density at radius 2 is 1.82 bits per heavy atom. The number of hydrogen-bond acceptors (Lipinski definition) is 3. The molecule has 0 aromatic carbocycles. The van der Waals surface area contributed by atoms with E-state index >= 15 is 0 Å². The summed E-state index contributed by atoms with van der Waals surface area (Å²) in [6.45, 7) is 8.36. The third-order valence-electron chi connectivity index (χ3n) is 4.22. The van der Waals surface area contributed by atoms with E-state index in [-0.39, 0.29) is 0 Å². The van der Waals surface area contributed by atoms with Crippen molar-refractivity contribution in [3.63, 3.8) is 0 Å². The van der Waals surface area contributed by atoms with Gasteiger partial charge in [0.05, 0.1) is 0 Å². The number of hydrogen-bond donors (Lipinski definition) is 0. The van der Waals surface area contributed by atoms with Crippen molar-refractivity contribution in [3.8, 4) is 0 Å². The Balaban J connectivity index is 2.00. The van der Waals surface area contributed by atoms with Crippen LogP contribution in [0.25, 0.3) is 0 Å². The number of piperidine rings is 1. The van der Waals surface area contributed by atoms with Crippen molar-refractivity contribution in [2.75, 3.05) is 4.90 Å². The highest BCUT2D eigenvalue weighted by molar-refractivity contribution is 5.52. The first-order valence-corrected chi connectivity index (χ1v) is 6.40. The molecule has 2 saturated heterocycles. The Hall–Kier alpha value is -1.38. The zero-order valence-corrected chi connectivity index (χ0v) is 10.6. The molecular weight excluding hydrogens is 210 g/mol. The Morgan fingerprint density at radius 1 is 1.18 bits per heavy atom. The van der Waals surface area contributed by atoms with E-state index in [1.165, 1.54) is 24.0 Å². The summed E-state index contributed by atoms with van der Waals surface area (Å²) in [6, 6.07) is 1.24. The van der Waals surface area contributed by atoms with Gasteiger partial charge in [-0.3, -0.25) is 0 Å². The summed E-state index contributed by atoms with van der Waals surface area (Å²) in [6.07, 6.45) is 6.54. The van der Waals surface area contributed by atoms with Crippen LogP contribution in [0.5, 0.6) is 0 Å². The molecule has 2 bridgehead atoms. The molecule has 2 fully saturated rings. The highest BCUT2D eigenvalue weighted by Crippen LogP contribution is 2.41. The van der Waals surface area contributed by atoms with E-state index in [9.17, 15) is 0 Å². The van der Waals surface area contributed by atoms with Crippen molar-refractivity contribution in [1.82, 2.24) is 9.97 Å². The monoisotopic (exact) mass is 229 g/mol. The number of nitrogens with zero attached hydrogens (tertiary/aromatic N) is 3. The predicted molar refractivity (Wildman–Crippen MR) is 69.2 cm³/mol. The zero-order valence-electron chi connectivity index (χ0n) is 10.6. The van der Waals surface area contributed by atoms with Crippen molar-refractivity contribution in [1.29, 1.82) is 0 Å². The third kappa shape index (κ3) is 1.65. The molecule has 0 saturated carbocycles. The van der Waals surface area contributed by atoms with Crippen LogP contribution in [-0.4, -0.2) is 22.1 Å². The molecule has 3 heteroatoms. The van der Waals surface area contributed by atoms with Gasteiger partial charge in [0, 0.05) is 23.3 Å². The predicted octanol–water partition coefficient (Wildman–Crippen LogP) is 2.78. The molecule has 90 valence electrons. The lowest BCUT2D eigenvalue weighted by molar-refractivity contribution is 0.544. The lowest BCUT2D eigenvalue weighted by Gasteiger charge is -2.37. The van der Waals surface area contributed by atoms with E-state index in [4.69, 9.17) is 0 Å². The smallest absolute Gasteiger partial charge is 0.135 e. The van der Waals surface area contributed by atoms with Gasteiger partial charge in [-0.05, 0) is 39.5 Å². The Bertz CT molecular complexity index is 451. The van der Waals surface area contributed by atoms with Crippen LogP contribution in [0, 0.1) is 13.8 Å². The molecule has 1 aromatic rings. The number of fused-ring (bicyclic) bond motifs is 2. The molecule has 0 radical (unpaired) electrons. The molecule has 0 N–H and O–H groups in total. The number of aromatic nitrogens is 2. The van der Waals surface area contributed by atoms with Gasteiger partial charge in [0.1, 0.15) is 12.1 Å². The molecule has 3 nitrogen and oxygen atoms in total. The van der Waals surface area contributed by atoms with Crippen LogP contribution in [0.3, 0.4) is 0 Å². The molecule has 2 aliphatic heterocycles. The largest absolute Gasteiger partial charge is 0.350 e. The Morgan fingerprint density at radius 3 is 2.47 bits per heavy atom. The van der Waals surface area contributed by atoms with Gasteiger partial charge in [0.25, 0.3) is 0 Å². The average Bonchev–Trinajstić information content (AvgIpc) is 2.55. The fourth-order valence-electron chi connectivity index (χ4n) is 3.24. The van der Waals surface area contributed by atoms with Gasteiger partial charge in [-0.1, -0.05) is 12.2 Å². The fourth-order valence-corrected chi connectivity index (χ4v) is 3.24. The van der Waals surface area contributed by atoms with Crippen molar-refractivity contribution < 1.29 is 0 Å². The van der Waals surface area contributed by atoms with E-state index in [0.29, 0.717) is 12.1 Å². The molecule has 2 unspecified atom stereocenters. The summed E-state index contributed by atoms with van der Waals surface area (Å²) >= 11 is 0. The van der Waals surface area contributed by atoms with Crippen molar-refractivity contribution >= 4 is 5.82 Å². The van der Waals surface area contributed by atoms with Gasteiger partial charge in [-0.2, -0.15) is 0 Å². The molecule has 0 amide bonds. The lowest BCUT2D eigenvalue weighted by Crippen LogP contribution is -2.41. The van der Waals surface area contributed by atoms with Gasteiger partial charge < -0.3 is 4.90 Å². The summed E-state index contributed by atoms with van der Waals surface area (Å²) in [5.74, 6) is 1.15. The molecule has 17 heavy (non-hydrogen) atoms. The summed E-state index contributed by atoms with van der Waals surface area (Å²) in [7, 11) is 0. The maximum atomic E-state index is 4.51. The molecule has 1 aromatic heterocycles. The summed E-state index contributed by atoms with van der Waals surface area (Å²) < 4.78 is 0. The second-order valence-electron chi connectivity index (χ2n) is 5.36. The van der Waals surface area contributed by atoms with Crippen LogP contribution in [0.1, 0.15) is 36.9 Å². The van der Waals surface area contributed by atoms with E-state index in [2.05, 4.69) is 35.3 Å². The Kier molecular flexibility index (Phi) is 2.42. The van der Waals surface area contributed by atoms with Crippen LogP contribution in [0.15, 0.2) is 18.5 Å². The van der Waals surface area contributed by atoms with Gasteiger partial charge in [0.15, 0.2) is 0 Å². The van der Waals surface area contributed by atoms with Crippen LogP contribution in [0.2, 0.25) is 0 Å². The fraction of sp³-hybridized carbons (Fsp3) is 0.571. The summed E-state index contributed by atoms with van der Waals surface area (Å²) in [5, 5.41) is 0. The number of anilines is 1. The SMILES string of the molecule is C=C1CC2CCC(C1)N2c1ncnc(C)c1C. The molecule has 2 atom stereocenters. The minimum absolute atomic E-state index is 0.620. The first-order chi connectivity index (χ1) is 8.16. The topological polar surface area (TPSA) is 29.0 Å². The van der Waals surface area contributed by atoms with Gasteiger partial charge in [-0.15, -0.1) is 0 Å². The van der Waals surface area contributed by atoms with Crippen LogP contribution >= 0.6 is 0 Å². The maximum absolute atomic E-state index is 4.51. The lowest BCUT2D eigenvalue weighted by atomic mass is 9.97. The Labute approximate surface area is 103 Å². The minimum Gasteiger partial charge on any atom is -0.350 e. The van der Waals surface area contributed by atoms with Crippen LogP contribution < -0.4 is 4.90 Å². The second-order valence-corrected chi connectivity index (χ2v) is 5.36. The average molecular weight is 229 g/mol. The van der Waals surface area contributed by atoms with Crippen molar-refractivity contribution in [2.24, 2.45) is 0 Å². The highest BCUT2D eigenvalue weighted by atomic mass is 15.3. The molecule has 0 spiro atoms. The summed E-state index contributed by atoms with van der Waals surface area (Å²) in [4.78, 5) is 11.3. The van der Waals surface area contributed by atoms with Gasteiger partial charge in [-0.25, -0.2) is 9.97 Å². The number of aryl methyl sites for hydroxylation is 1. The van der Waals surface area contributed by atoms with Crippen LogP contribution in [-0.2, 0) is 0 Å². The summed E-state index contributed by atoms with van der Waals surface area (Å²) in [5.41, 5.74) is 3.74. The van der Waals surface area contributed by atoms with E-state index in [1.807, 2.05) is 0 Å². The molecule has 2 aliphatic rings. The minimum atomic E-state index is 0.620. The maximum Gasteiger partial charge on any atom is 0.135 e. The zero-order chi connectivity index (χ0) is 12.0. The third-order valence-corrected chi connectivity index (χ3v) is 4.22. The first kappa shape index (κ1) is 10.8. The van der Waals surface area contributed by atoms with E-state index in [0.717, 1.165) is 24.4 Å². The van der Waals surface area contributed by atoms with Crippen molar-refractivity contribution in [2.45, 2.75) is 51.6 Å². The van der Waals surface area contributed by atoms with E-state index in [1.54, 1.807) is 6.33 Å². The quantitative estimate of drug-likeness (QED) is 0.693. The molecule has 3 rings (SSSR count). The first-order valence-electron chi connectivity index (χ1n) is 6.40. The second kappa shape index (κ2) is 3.83. The number of rotatable bonds is 1. The van der Waals surface area contributed by atoms with E-state index < -0.39 is 0 Å². The molecule has 3 heterocycles. The van der Waals surface area contributed by atoms with Gasteiger partial charge in [0.2, 0.25) is 0 Å². The van der Waals surface area contributed by atoms with Gasteiger partial charge >= 0.3 is 0 Å². The standard InChI is InChI=1S/C14H19N3/c1-9-6-12-4-5-13(7-9)17(12)14-10(2)11(3)15-8-16-14/h8,12-13H,1,4-7H2,2-3H3. The highest BCUT2D eigenvalue weighted by Gasteiger charge is 2.39. The van der Waals surface area contributed by atoms with Crippen molar-refractivity contribution in [3.05, 3.63) is 29.7 Å². The molecule has 0 aliphatic carbocycles. The normalized spacial score (nSPS) is 27.6. The molecular formula is C14H19N3. The van der Waals surface area contributed by atoms with Crippen LogP contribution in [0.4, 0.5) is 5.82 Å².